The molecule has 10 rings (SSSR count). The maximum atomic E-state index is 2.45. The molecule has 1 heteroatoms. The molecular weight excluding hydrogens is 711 g/mol. The third-order valence-electron chi connectivity index (χ3n) is 11.3. The molecule has 0 aliphatic rings. The van der Waals surface area contributed by atoms with Gasteiger partial charge in [-0.2, -0.15) is 0 Å². The first-order valence-electron chi connectivity index (χ1n) is 20.3. The molecule has 0 aromatic heterocycles. The van der Waals surface area contributed by atoms with E-state index in [9.17, 15) is 0 Å². The van der Waals surface area contributed by atoms with Gasteiger partial charge in [0.15, 0.2) is 0 Å². The first-order valence-corrected chi connectivity index (χ1v) is 20.3. The lowest BCUT2D eigenvalue weighted by molar-refractivity contribution is 1.28. The van der Waals surface area contributed by atoms with Crippen molar-refractivity contribution in [2.24, 2.45) is 0 Å². The van der Waals surface area contributed by atoms with Crippen LogP contribution in [0, 0.1) is 0 Å². The molecule has 0 atom stereocenters. The summed E-state index contributed by atoms with van der Waals surface area (Å²) in [4.78, 5) is 2.45. The largest absolute Gasteiger partial charge is 0.310 e. The van der Waals surface area contributed by atoms with E-state index in [1.165, 1.54) is 60.8 Å². The van der Waals surface area contributed by atoms with Crippen LogP contribution in [0.3, 0.4) is 0 Å². The lowest BCUT2D eigenvalue weighted by Gasteiger charge is -2.30. The van der Waals surface area contributed by atoms with Crippen LogP contribution in [0.2, 0.25) is 0 Å². The molecule has 0 radical (unpaired) electrons. The Labute approximate surface area is 346 Å². The molecule has 0 aliphatic carbocycles. The predicted octanol–water partition coefficient (Wildman–Crippen LogP) is 16.3. The number of benzene rings is 10. The van der Waals surface area contributed by atoms with Gasteiger partial charge in [0, 0.05) is 16.9 Å². The Hall–Kier alpha value is -7.74. The molecule has 1 nitrogen and oxygen atoms in total. The molecule has 59 heavy (non-hydrogen) atoms. The van der Waals surface area contributed by atoms with E-state index in [0.717, 1.165) is 33.8 Å². The number of nitrogens with zero attached hydrogens (tertiary/aromatic N) is 1. The van der Waals surface area contributed by atoms with Crippen LogP contribution in [0.1, 0.15) is 0 Å². The van der Waals surface area contributed by atoms with Crippen LogP contribution in [0.15, 0.2) is 249 Å². The van der Waals surface area contributed by atoms with E-state index in [4.69, 9.17) is 0 Å². The Morgan fingerprint density at radius 1 is 0.220 bits per heavy atom. The Balaban J connectivity index is 1.20. The minimum atomic E-state index is 1.08. The smallest absolute Gasteiger partial charge is 0.0540 e. The van der Waals surface area contributed by atoms with Crippen LogP contribution in [-0.4, -0.2) is 0 Å². The zero-order valence-electron chi connectivity index (χ0n) is 32.6. The van der Waals surface area contributed by atoms with Gasteiger partial charge in [-0.3, -0.25) is 0 Å². The van der Waals surface area contributed by atoms with Crippen LogP contribution in [-0.2, 0) is 0 Å². The highest BCUT2D eigenvalue weighted by Crippen LogP contribution is 2.47. The topological polar surface area (TPSA) is 3.24 Å². The zero-order chi connectivity index (χ0) is 39.4. The van der Waals surface area contributed by atoms with Crippen LogP contribution in [0.25, 0.3) is 77.5 Å². The maximum absolute atomic E-state index is 2.45. The third kappa shape index (κ3) is 7.12. The number of hydrogen-bond acceptors (Lipinski definition) is 1. The second kappa shape index (κ2) is 16.0. The molecule has 0 fully saturated rings. The van der Waals surface area contributed by atoms with Crippen LogP contribution in [0.4, 0.5) is 17.1 Å². The molecule has 0 amide bonds. The number of hydrogen-bond donors (Lipinski definition) is 0. The van der Waals surface area contributed by atoms with Gasteiger partial charge in [0.05, 0.1) is 5.69 Å². The number of rotatable bonds is 9. The molecule has 278 valence electrons. The van der Waals surface area contributed by atoms with Crippen molar-refractivity contribution in [1.82, 2.24) is 0 Å². The van der Waals surface area contributed by atoms with Crippen molar-refractivity contribution in [2.75, 3.05) is 4.90 Å². The first-order chi connectivity index (χ1) is 29.3. The van der Waals surface area contributed by atoms with E-state index in [-0.39, 0.29) is 0 Å². The summed E-state index contributed by atoms with van der Waals surface area (Å²) in [5.74, 6) is 0. The molecule has 0 saturated carbocycles. The molecule has 0 unspecified atom stereocenters. The van der Waals surface area contributed by atoms with Crippen molar-refractivity contribution >= 4 is 27.8 Å². The van der Waals surface area contributed by atoms with Crippen molar-refractivity contribution in [2.45, 2.75) is 0 Å². The number of fused-ring (bicyclic) bond motifs is 1. The summed E-state index contributed by atoms with van der Waals surface area (Å²) in [5, 5.41) is 2.49. The molecule has 0 N–H and O–H groups in total. The average Bonchev–Trinajstić information content (AvgIpc) is 3.33. The quantitative estimate of drug-likeness (QED) is 0.142. The van der Waals surface area contributed by atoms with Gasteiger partial charge in [-0.25, -0.2) is 0 Å². The van der Waals surface area contributed by atoms with E-state index in [1.807, 2.05) is 0 Å². The fourth-order valence-corrected chi connectivity index (χ4v) is 8.47. The Morgan fingerprint density at radius 3 is 1.27 bits per heavy atom. The lowest BCUT2D eigenvalue weighted by Crippen LogP contribution is -2.12. The van der Waals surface area contributed by atoms with Crippen molar-refractivity contribution in [3.05, 3.63) is 249 Å². The monoisotopic (exact) mass is 751 g/mol. The van der Waals surface area contributed by atoms with Crippen LogP contribution < -0.4 is 4.90 Å². The Kier molecular flexibility index (Phi) is 9.68. The van der Waals surface area contributed by atoms with Crippen molar-refractivity contribution in [3.8, 4) is 66.8 Å². The molecule has 10 aromatic carbocycles. The van der Waals surface area contributed by atoms with Gasteiger partial charge in [-0.15, -0.1) is 0 Å². The van der Waals surface area contributed by atoms with Crippen molar-refractivity contribution in [3.63, 3.8) is 0 Å². The summed E-state index contributed by atoms with van der Waals surface area (Å²) in [5.41, 5.74) is 17.5. The highest BCUT2D eigenvalue weighted by molar-refractivity contribution is 5.99. The maximum Gasteiger partial charge on any atom is 0.0540 e. The van der Waals surface area contributed by atoms with Gasteiger partial charge in [0.1, 0.15) is 0 Å². The zero-order valence-corrected chi connectivity index (χ0v) is 32.6. The fraction of sp³-hybridized carbons (Fsp3) is 0. The summed E-state index contributed by atoms with van der Waals surface area (Å²) in [6.07, 6.45) is 0. The standard InChI is InChI=1S/C58H41N/c1-4-19-42(20-5-1)47-39-48(43-21-6-2-7-22-43)41-50(40-47)59(49-37-35-46(36-38-49)52-33-18-26-45-25-10-11-27-51(45)52)58-34-17-16-32-57(58)56-31-15-14-30-55(56)54-29-13-12-28-53(54)44-23-8-3-9-24-44/h1-41H. The van der Waals surface area contributed by atoms with Crippen LogP contribution >= 0.6 is 0 Å². The SMILES string of the molecule is c1ccc(-c2cc(-c3ccccc3)cc(N(c3ccc(-c4cccc5ccccc45)cc3)c3ccccc3-c3ccccc3-c3ccccc3-c3ccccc3)c2)cc1. The molecule has 0 saturated heterocycles. The van der Waals surface area contributed by atoms with Crippen LogP contribution in [0.5, 0.6) is 0 Å². The van der Waals surface area contributed by atoms with Gasteiger partial charge >= 0.3 is 0 Å². The molecule has 10 aromatic rings. The van der Waals surface area contributed by atoms with Gasteiger partial charge < -0.3 is 4.90 Å². The Bertz CT molecular complexity index is 2960. The average molecular weight is 752 g/mol. The number of para-hydroxylation sites is 1. The van der Waals surface area contributed by atoms with Crippen molar-refractivity contribution in [1.29, 1.82) is 0 Å². The minimum Gasteiger partial charge on any atom is -0.310 e. The summed E-state index contributed by atoms with van der Waals surface area (Å²) in [6, 6.07) is 89.9. The third-order valence-corrected chi connectivity index (χ3v) is 11.3. The fourth-order valence-electron chi connectivity index (χ4n) is 8.47. The predicted molar refractivity (Wildman–Crippen MR) is 251 cm³/mol. The first kappa shape index (κ1) is 35.7. The molecule has 0 aliphatic heterocycles. The van der Waals surface area contributed by atoms with Gasteiger partial charge in [0.2, 0.25) is 0 Å². The van der Waals surface area contributed by atoms with E-state index < -0.39 is 0 Å². The highest BCUT2D eigenvalue weighted by atomic mass is 15.1. The summed E-state index contributed by atoms with van der Waals surface area (Å²) in [7, 11) is 0. The molecular formula is C58H41N. The van der Waals surface area contributed by atoms with E-state index in [2.05, 4.69) is 254 Å². The van der Waals surface area contributed by atoms with Gasteiger partial charge in [-0.1, -0.05) is 212 Å². The van der Waals surface area contributed by atoms with Gasteiger partial charge in [0.25, 0.3) is 0 Å². The summed E-state index contributed by atoms with van der Waals surface area (Å²) >= 11 is 0. The summed E-state index contributed by atoms with van der Waals surface area (Å²) < 4.78 is 0. The van der Waals surface area contributed by atoms with Crippen molar-refractivity contribution < 1.29 is 0 Å². The lowest BCUT2D eigenvalue weighted by atomic mass is 9.88. The molecule has 0 heterocycles. The molecule has 0 bridgehead atoms. The second-order valence-corrected chi connectivity index (χ2v) is 14.9. The number of anilines is 3. The van der Waals surface area contributed by atoms with Gasteiger partial charge in [-0.05, 0) is 108 Å². The minimum absolute atomic E-state index is 1.08. The molecule has 0 spiro atoms. The second-order valence-electron chi connectivity index (χ2n) is 14.9. The van der Waals surface area contributed by atoms with E-state index in [0.29, 0.717) is 0 Å². The summed E-state index contributed by atoms with van der Waals surface area (Å²) in [6.45, 7) is 0. The van der Waals surface area contributed by atoms with E-state index >= 15 is 0 Å². The highest BCUT2D eigenvalue weighted by Gasteiger charge is 2.22. The van der Waals surface area contributed by atoms with E-state index in [1.54, 1.807) is 0 Å². The Morgan fingerprint density at radius 2 is 0.644 bits per heavy atom. The normalized spacial score (nSPS) is 11.1.